The van der Waals surface area contributed by atoms with E-state index in [1.807, 2.05) is 43.3 Å². The highest BCUT2D eigenvalue weighted by atomic mass is 16.6. The number of esters is 1. The number of hydrogen-bond acceptors (Lipinski definition) is 5. The Kier molecular flexibility index (Phi) is 5.37. The predicted molar refractivity (Wildman–Crippen MR) is 99.3 cm³/mol. The van der Waals surface area contributed by atoms with Gasteiger partial charge in [-0.15, -0.1) is 0 Å². The fourth-order valence-corrected chi connectivity index (χ4v) is 2.77. The zero-order valence-corrected chi connectivity index (χ0v) is 14.7. The molecule has 0 N–H and O–H groups in total. The number of ether oxygens (including phenoxy) is 2. The van der Waals surface area contributed by atoms with Crippen molar-refractivity contribution in [2.24, 2.45) is 0 Å². The molecule has 2 aromatic carbocycles. The standard InChI is InChI=1S/C21H20O5/c1-3-18(21(23)24-4-2)25-15-10-11-16-17(14-8-6-5-7-9-14)13-20(22)26-19(16)12-15/h5-13,18H,3-4H2,1-2H3/t18-/m1/s1. The summed E-state index contributed by atoms with van der Waals surface area (Å²) in [5.41, 5.74) is 1.69. The van der Waals surface area contributed by atoms with Crippen LogP contribution in [-0.2, 0) is 9.53 Å². The van der Waals surface area contributed by atoms with Gasteiger partial charge in [0.15, 0.2) is 6.10 Å². The fraction of sp³-hybridized carbons (Fsp3) is 0.238. The monoisotopic (exact) mass is 352 g/mol. The van der Waals surface area contributed by atoms with Gasteiger partial charge in [0, 0.05) is 17.5 Å². The molecule has 0 bridgehead atoms. The minimum atomic E-state index is -0.698. The normalized spacial score (nSPS) is 11.9. The number of hydrogen-bond donors (Lipinski definition) is 0. The van der Waals surface area contributed by atoms with Crippen LogP contribution in [0.3, 0.4) is 0 Å². The Labute approximate surface area is 151 Å². The Morgan fingerprint density at radius 1 is 1.08 bits per heavy atom. The number of carbonyl (C=O) groups excluding carboxylic acids is 1. The molecule has 0 spiro atoms. The van der Waals surface area contributed by atoms with Crippen LogP contribution in [-0.4, -0.2) is 18.7 Å². The largest absolute Gasteiger partial charge is 0.479 e. The van der Waals surface area contributed by atoms with Crippen molar-refractivity contribution in [3.63, 3.8) is 0 Å². The lowest BCUT2D eigenvalue weighted by Crippen LogP contribution is -2.28. The van der Waals surface area contributed by atoms with E-state index in [1.165, 1.54) is 6.07 Å². The van der Waals surface area contributed by atoms with Crippen molar-refractivity contribution >= 4 is 16.9 Å². The molecular weight excluding hydrogens is 332 g/mol. The first-order valence-electron chi connectivity index (χ1n) is 8.59. The molecule has 0 aliphatic rings. The van der Waals surface area contributed by atoms with Gasteiger partial charge in [-0.05, 0) is 36.6 Å². The second-order valence-electron chi connectivity index (χ2n) is 5.77. The average molecular weight is 352 g/mol. The molecule has 0 amide bonds. The molecule has 134 valence electrons. The van der Waals surface area contributed by atoms with Gasteiger partial charge in [-0.3, -0.25) is 0 Å². The zero-order valence-electron chi connectivity index (χ0n) is 14.7. The smallest absolute Gasteiger partial charge is 0.347 e. The molecule has 0 unspecified atom stereocenters. The molecule has 3 aromatic rings. The Morgan fingerprint density at radius 3 is 2.54 bits per heavy atom. The number of rotatable bonds is 6. The van der Waals surface area contributed by atoms with Crippen LogP contribution in [0.2, 0.25) is 0 Å². The Hall–Kier alpha value is -3.08. The highest BCUT2D eigenvalue weighted by Crippen LogP contribution is 2.30. The van der Waals surface area contributed by atoms with Crippen LogP contribution >= 0.6 is 0 Å². The van der Waals surface area contributed by atoms with E-state index >= 15 is 0 Å². The van der Waals surface area contributed by atoms with E-state index in [0.29, 0.717) is 24.4 Å². The molecule has 0 saturated heterocycles. The molecule has 5 heteroatoms. The molecular formula is C21H20O5. The summed E-state index contributed by atoms with van der Waals surface area (Å²) < 4.78 is 16.1. The van der Waals surface area contributed by atoms with E-state index in [-0.39, 0.29) is 0 Å². The molecule has 0 fully saturated rings. The summed E-state index contributed by atoms with van der Waals surface area (Å²) in [6.07, 6.45) is -0.221. The summed E-state index contributed by atoms with van der Waals surface area (Å²) in [6.45, 7) is 3.89. The Balaban J connectivity index is 1.99. The van der Waals surface area contributed by atoms with Crippen molar-refractivity contribution in [3.05, 3.63) is 65.0 Å². The van der Waals surface area contributed by atoms with Crippen molar-refractivity contribution in [2.45, 2.75) is 26.4 Å². The second-order valence-corrected chi connectivity index (χ2v) is 5.77. The maximum atomic E-state index is 12.0. The zero-order chi connectivity index (χ0) is 18.5. The van der Waals surface area contributed by atoms with E-state index < -0.39 is 17.7 Å². The number of fused-ring (bicyclic) bond motifs is 1. The van der Waals surface area contributed by atoms with Crippen molar-refractivity contribution < 1.29 is 18.7 Å². The third-order valence-electron chi connectivity index (χ3n) is 4.00. The molecule has 1 aromatic heterocycles. The van der Waals surface area contributed by atoms with Gasteiger partial charge in [-0.1, -0.05) is 37.3 Å². The molecule has 26 heavy (non-hydrogen) atoms. The van der Waals surface area contributed by atoms with Crippen LogP contribution in [0, 0.1) is 0 Å². The third-order valence-corrected chi connectivity index (χ3v) is 4.00. The first kappa shape index (κ1) is 17.7. The first-order chi connectivity index (χ1) is 12.6. The fourth-order valence-electron chi connectivity index (χ4n) is 2.77. The molecule has 0 radical (unpaired) electrons. The Morgan fingerprint density at radius 2 is 1.85 bits per heavy atom. The molecule has 0 aliphatic carbocycles. The quantitative estimate of drug-likeness (QED) is 0.492. The average Bonchev–Trinajstić information content (AvgIpc) is 2.66. The second kappa shape index (κ2) is 7.87. The topological polar surface area (TPSA) is 65.7 Å². The van der Waals surface area contributed by atoms with Gasteiger partial charge < -0.3 is 13.9 Å². The van der Waals surface area contributed by atoms with Crippen LogP contribution in [0.1, 0.15) is 20.3 Å². The summed E-state index contributed by atoms with van der Waals surface area (Å²) in [4.78, 5) is 23.9. The summed E-state index contributed by atoms with van der Waals surface area (Å²) in [7, 11) is 0. The Bertz CT molecular complexity index is 959. The van der Waals surface area contributed by atoms with E-state index in [4.69, 9.17) is 13.9 Å². The van der Waals surface area contributed by atoms with Gasteiger partial charge in [0.25, 0.3) is 0 Å². The van der Waals surface area contributed by atoms with Crippen LogP contribution in [0.5, 0.6) is 5.75 Å². The van der Waals surface area contributed by atoms with Gasteiger partial charge in [0.2, 0.25) is 0 Å². The third kappa shape index (κ3) is 3.77. The van der Waals surface area contributed by atoms with Gasteiger partial charge in [-0.25, -0.2) is 9.59 Å². The molecule has 1 heterocycles. The lowest BCUT2D eigenvalue weighted by molar-refractivity contribution is -0.151. The van der Waals surface area contributed by atoms with E-state index in [9.17, 15) is 9.59 Å². The van der Waals surface area contributed by atoms with Gasteiger partial charge in [0.1, 0.15) is 11.3 Å². The van der Waals surface area contributed by atoms with Crippen LogP contribution < -0.4 is 10.4 Å². The number of carbonyl (C=O) groups is 1. The maximum Gasteiger partial charge on any atom is 0.347 e. The van der Waals surface area contributed by atoms with E-state index in [2.05, 4.69) is 0 Å². The number of benzene rings is 2. The lowest BCUT2D eigenvalue weighted by atomic mass is 10.0. The summed E-state index contributed by atoms with van der Waals surface area (Å²) in [5, 5.41) is 0.798. The van der Waals surface area contributed by atoms with Gasteiger partial charge in [0.05, 0.1) is 6.61 Å². The highest BCUT2D eigenvalue weighted by molar-refractivity contribution is 5.93. The summed E-state index contributed by atoms with van der Waals surface area (Å²) in [6, 6.07) is 16.3. The SMILES string of the molecule is CCOC(=O)[C@@H](CC)Oc1ccc2c(-c3ccccc3)cc(=O)oc2c1. The van der Waals surface area contributed by atoms with Gasteiger partial charge >= 0.3 is 11.6 Å². The molecule has 0 saturated carbocycles. The van der Waals surface area contributed by atoms with Crippen LogP contribution in [0.25, 0.3) is 22.1 Å². The molecule has 0 aliphatic heterocycles. The van der Waals surface area contributed by atoms with E-state index in [1.54, 1.807) is 19.1 Å². The minimum Gasteiger partial charge on any atom is -0.479 e. The van der Waals surface area contributed by atoms with Crippen LogP contribution in [0.15, 0.2) is 63.8 Å². The maximum absolute atomic E-state index is 12.0. The molecule has 3 rings (SSSR count). The highest BCUT2D eigenvalue weighted by Gasteiger charge is 2.20. The predicted octanol–water partition coefficient (Wildman–Crippen LogP) is 4.18. The van der Waals surface area contributed by atoms with Crippen molar-refractivity contribution in [3.8, 4) is 16.9 Å². The van der Waals surface area contributed by atoms with Crippen molar-refractivity contribution in [1.82, 2.24) is 0 Å². The first-order valence-corrected chi connectivity index (χ1v) is 8.59. The van der Waals surface area contributed by atoms with Crippen LogP contribution in [0.4, 0.5) is 0 Å². The lowest BCUT2D eigenvalue weighted by Gasteiger charge is -2.16. The summed E-state index contributed by atoms with van der Waals surface area (Å²) >= 11 is 0. The summed E-state index contributed by atoms with van der Waals surface area (Å²) in [5.74, 6) is 0.0420. The minimum absolute atomic E-state index is 0.297. The van der Waals surface area contributed by atoms with E-state index in [0.717, 1.165) is 16.5 Å². The van der Waals surface area contributed by atoms with Crippen molar-refractivity contribution in [2.75, 3.05) is 6.61 Å². The molecule has 1 atom stereocenters. The molecule has 5 nitrogen and oxygen atoms in total. The van der Waals surface area contributed by atoms with Crippen molar-refractivity contribution in [1.29, 1.82) is 0 Å². The van der Waals surface area contributed by atoms with Gasteiger partial charge in [-0.2, -0.15) is 0 Å².